The van der Waals surface area contributed by atoms with Crippen LogP contribution >= 0.6 is 0 Å². The molecule has 2 aromatic rings. The van der Waals surface area contributed by atoms with Gasteiger partial charge in [0.2, 0.25) is 24.0 Å². The zero-order valence-corrected chi connectivity index (χ0v) is 10.6. The predicted octanol–water partition coefficient (Wildman–Crippen LogP) is -1.29. The van der Waals surface area contributed by atoms with Crippen molar-refractivity contribution in [1.29, 1.82) is 0 Å². The van der Waals surface area contributed by atoms with Gasteiger partial charge < -0.3 is 4.57 Å². The number of hydrogen-bond acceptors (Lipinski definition) is 1. The van der Waals surface area contributed by atoms with Gasteiger partial charge in [-0.25, -0.2) is 4.98 Å². The minimum absolute atomic E-state index is 0. The summed E-state index contributed by atoms with van der Waals surface area (Å²) in [6.45, 7) is 2.93. The number of hydrogen-bond donors (Lipinski definition) is 0. The molecule has 0 aliphatic carbocycles. The minimum Gasteiger partial charge on any atom is -0.331 e. The summed E-state index contributed by atoms with van der Waals surface area (Å²) in [6.07, 6.45) is 3.83. The second-order valence-corrected chi connectivity index (χ2v) is 3.09. The molecule has 0 saturated heterocycles. The number of imidazole rings is 1. The molecule has 74 valence electrons. The van der Waals surface area contributed by atoms with Crippen molar-refractivity contribution < 1.29 is 24.0 Å². The van der Waals surface area contributed by atoms with E-state index in [0.717, 1.165) is 12.4 Å². The monoisotopic (exact) mass is 301 g/mol. The van der Waals surface area contributed by atoms with Crippen LogP contribution in [0.1, 0.15) is 11.4 Å². The van der Waals surface area contributed by atoms with Gasteiger partial charge in [-0.05, 0) is 12.5 Å². The van der Waals surface area contributed by atoms with Crippen molar-refractivity contribution in [3.8, 4) is 0 Å². The van der Waals surface area contributed by atoms with E-state index in [1.54, 1.807) is 0 Å². The van der Waals surface area contributed by atoms with Gasteiger partial charge in [-0.2, -0.15) is 0 Å². The number of benzene rings is 1. The lowest BCUT2D eigenvalue weighted by molar-refractivity contribution is -0.00000282. The van der Waals surface area contributed by atoms with Crippen molar-refractivity contribution in [2.24, 2.45) is 0 Å². The Hall–Kier alpha value is -0.840. The van der Waals surface area contributed by atoms with Gasteiger partial charge in [-0.15, -0.1) is 0 Å². The summed E-state index contributed by atoms with van der Waals surface area (Å²) in [5.74, 6) is 1.06. The van der Waals surface area contributed by atoms with E-state index in [4.69, 9.17) is 0 Å². The van der Waals surface area contributed by atoms with Gasteiger partial charge in [0.05, 0.1) is 0 Å². The fourth-order valence-corrected chi connectivity index (χ4v) is 1.35. The van der Waals surface area contributed by atoms with Crippen molar-refractivity contribution in [3.05, 3.63) is 54.1 Å². The Morgan fingerprint density at radius 1 is 1.21 bits per heavy atom. The second-order valence-electron chi connectivity index (χ2n) is 3.09. The summed E-state index contributed by atoms with van der Waals surface area (Å²) in [5, 5.41) is 0. The largest absolute Gasteiger partial charge is 0.331 e. The Labute approximate surface area is 101 Å². The van der Waals surface area contributed by atoms with E-state index in [1.165, 1.54) is 5.56 Å². The zero-order valence-electron chi connectivity index (χ0n) is 8.09. The Bertz CT molecular complexity index is 381. The zero-order chi connectivity index (χ0) is 9.10. The maximum Gasteiger partial charge on any atom is 0.235 e. The van der Waals surface area contributed by atoms with Crippen molar-refractivity contribution in [2.45, 2.75) is 13.5 Å². The van der Waals surface area contributed by atoms with E-state index in [0.29, 0.717) is 0 Å². The van der Waals surface area contributed by atoms with Crippen LogP contribution in [0.5, 0.6) is 0 Å². The summed E-state index contributed by atoms with van der Waals surface area (Å²) >= 11 is 0. The van der Waals surface area contributed by atoms with Gasteiger partial charge in [0.25, 0.3) is 0 Å². The lowest BCUT2D eigenvalue weighted by Gasteiger charge is -2.03. The van der Waals surface area contributed by atoms with Crippen LogP contribution in [0.25, 0.3) is 0 Å². The quantitative estimate of drug-likeness (QED) is 0.631. The molecule has 2 nitrogen and oxygen atoms in total. The normalized spacial score (nSPS) is 9.50. The van der Waals surface area contributed by atoms with Crippen LogP contribution in [0.2, 0.25) is 0 Å². The van der Waals surface area contributed by atoms with Crippen LogP contribution in [-0.2, 0) is 6.54 Å². The van der Waals surface area contributed by atoms with Gasteiger partial charge >= 0.3 is 0 Å². The summed E-state index contributed by atoms with van der Waals surface area (Å²) in [4.78, 5) is 4.18. The van der Waals surface area contributed by atoms with Crippen LogP contribution in [0.3, 0.4) is 0 Å². The van der Waals surface area contributed by atoms with Crippen molar-refractivity contribution in [1.82, 2.24) is 9.55 Å². The maximum atomic E-state index is 4.18. The molecule has 0 aliphatic heterocycles. The first-order chi connectivity index (χ1) is 6.36. The minimum atomic E-state index is 0. The number of aryl methyl sites for hydroxylation is 1. The van der Waals surface area contributed by atoms with Gasteiger partial charge in [0.1, 0.15) is 5.82 Å². The average Bonchev–Trinajstić information content (AvgIpc) is 2.54. The van der Waals surface area contributed by atoms with Crippen LogP contribution in [0.15, 0.2) is 42.7 Å². The van der Waals surface area contributed by atoms with Crippen LogP contribution in [0.4, 0.5) is 0 Å². The molecule has 14 heavy (non-hydrogen) atoms. The molecular formula is C11H14IN2+. The van der Waals surface area contributed by atoms with Crippen LogP contribution in [0, 0.1) is 6.92 Å². The molecule has 0 saturated carbocycles. The molecule has 0 unspecified atom stereocenters. The molecule has 1 aromatic heterocycles. The van der Waals surface area contributed by atoms with Crippen LogP contribution in [-0.4, -0.2) is 9.55 Å². The summed E-state index contributed by atoms with van der Waals surface area (Å²) in [6, 6.07) is 10.4. The van der Waals surface area contributed by atoms with Gasteiger partial charge in [-0.3, -0.25) is 0 Å². The van der Waals surface area contributed by atoms with E-state index >= 15 is 0 Å². The Balaban J connectivity index is 0.000000980. The number of halogens is 1. The van der Waals surface area contributed by atoms with Gasteiger partial charge in [0, 0.05) is 18.9 Å². The maximum absolute atomic E-state index is 4.18. The molecule has 3 heteroatoms. The van der Waals surface area contributed by atoms with E-state index in [9.17, 15) is 0 Å². The summed E-state index contributed by atoms with van der Waals surface area (Å²) < 4.78 is 2.13. The molecule has 0 bridgehead atoms. The first-order valence-corrected chi connectivity index (χ1v) is 4.38. The SMILES string of the molecule is Cc1nccn1Cc1ccccc1.[IH2+]. The summed E-state index contributed by atoms with van der Waals surface area (Å²) in [7, 11) is 0. The van der Waals surface area contributed by atoms with Crippen molar-refractivity contribution in [3.63, 3.8) is 0 Å². The van der Waals surface area contributed by atoms with Crippen molar-refractivity contribution in [2.75, 3.05) is 0 Å². The van der Waals surface area contributed by atoms with E-state index in [2.05, 4.69) is 33.8 Å². The highest BCUT2D eigenvalue weighted by Crippen LogP contribution is 2.03. The molecule has 0 N–H and O–H groups in total. The predicted molar refractivity (Wildman–Crippen MR) is 55.3 cm³/mol. The molecule has 2 rings (SSSR count). The Kier molecular flexibility index (Phi) is 4.13. The molecule has 0 atom stereocenters. The highest BCUT2D eigenvalue weighted by molar-refractivity contribution is 5.15. The fourth-order valence-electron chi connectivity index (χ4n) is 1.35. The molecule has 1 heterocycles. The smallest absolute Gasteiger partial charge is 0.235 e. The molecule has 0 radical (unpaired) electrons. The number of nitrogens with zero attached hydrogens (tertiary/aromatic N) is 2. The average molecular weight is 301 g/mol. The lowest BCUT2D eigenvalue weighted by atomic mass is 10.2. The van der Waals surface area contributed by atoms with Crippen LogP contribution < -0.4 is 24.0 Å². The van der Waals surface area contributed by atoms with Gasteiger partial charge in [-0.1, -0.05) is 30.3 Å². The fraction of sp³-hybridized carbons (Fsp3) is 0.182. The molecule has 0 spiro atoms. The second kappa shape index (κ2) is 5.14. The number of aromatic nitrogens is 2. The molecule has 1 aromatic carbocycles. The van der Waals surface area contributed by atoms with E-state index in [1.807, 2.05) is 25.4 Å². The molecule has 0 fully saturated rings. The summed E-state index contributed by atoms with van der Waals surface area (Å²) in [5.41, 5.74) is 1.31. The van der Waals surface area contributed by atoms with Crippen molar-refractivity contribution >= 4 is 0 Å². The Morgan fingerprint density at radius 2 is 1.93 bits per heavy atom. The highest BCUT2D eigenvalue weighted by atomic mass is 127. The first kappa shape index (κ1) is 11.2. The molecule has 0 aliphatic rings. The van der Waals surface area contributed by atoms with E-state index in [-0.39, 0.29) is 24.0 Å². The molecule has 0 amide bonds. The highest BCUT2D eigenvalue weighted by Gasteiger charge is 1.96. The number of rotatable bonds is 2. The third-order valence-electron chi connectivity index (χ3n) is 2.12. The molecular weight excluding hydrogens is 287 g/mol. The Morgan fingerprint density at radius 3 is 2.50 bits per heavy atom. The topological polar surface area (TPSA) is 17.8 Å². The third-order valence-corrected chi connectivity index (χ3v) is 2.12. The standard InChI is InChI=1S/C11H12N2.H2I/c1-10-12-7-8-13(10)9-11-5-3-2-4-6-11;/h2-8H,9H2,1H3;1H2/q;+1. The van der Waals surface area contributed by atoms with E-state index < -0.39 is 0 Å². The third kappa shape index (κ3) is 2.57. The van der Waals surface area contributed by atoms with Gasteiger partial charge in [0.15, 0.2) is 0 Å². The first-order valence-electron chi connectivity index (χ1n) is 4.38. The lowest BCUT2D eigenvalue weighted by Crippen LogP contribution is -3.00.